The fourth-order valence-corrected chi connectivity index (χ4v) is 5.17. The second-order valence-corrected chi connectivity index (χ2v) is 10.5. The van der Waals surface area contributed by atoms with Crippen LogP contribution < -0.4 is 5.32 Å². The summed E-state index contributed by atoms with van der Waals surface area (Å²) in [7, 11) is -3.64. The Labute approximate surface area is 172 Å². The molecule has 3 rings (SSSR count). The van der Waals surface area contributed by atoms with Gasteiger partial charge in [-0.1, -0.05) is 0 Å². The molecule has 160 valence electrons. The lowest BCUT2D eigenvalue weighted by molar-refractivity contribution is 0.0910. The van der Waals surface area contributed by atoms with Gasteiger partial charge in [-0.2, -0.15) is 9.40 Å². The molecule has 0 spiro atoms. The van der Waals surface area contributed by atoms with E-state index >= 15 is 0 Å². The molecule has 0 saturated carbocycles. The first-order chi connectivity index (χ1) is 13.4. The van der Waals surface area contributed by atoms with E-state index in [0.717, 1.165) is 24.1 Å². The van der Waals surface area contributed by atoms with E-state index in [0.29, 0.717) is 13.1 Å². The monoisotopic (exact) mass is 422 g/mol. The van der Waals surface area contributed by atoms with Crippen molar-refractivity contribution < 1.29 is 17.6 Å². The average molecular weight is 423 g/mol. The van der Waals surface area contributed by atoms with Crippen LogP contribution in [-0.4, -0.2) is 41.5 Å². The number of carbonyl (C=O) groups is 1. The number of aromatic nitrogens is 2. The third-order valence-electron chi connectivity index (χ3n) is 5.22. The number of rotatable bonds is 5. The molecule has 0 aliphatic carbocycles. The number of carbonyl (C=O) groups excluding carboxylic acids is 1. The van der Waals surface area contributed by atoms with Crippen molar-refractivity contribution in [3.63, 3.8) is 0 Å². The molecule has 1 N–H and O–H groups in total. The molecule has 0 bridgehead atoms. The molecule has 1 aliphatic rings. The molecule has 0 radical (unpaired) electrons. The number of hydrogen-bond acceptors (Lipinski definition) is 5. The molecule has 1 unspecified atom stereocenters. The van der Waals surface area contributed by atoms with Crippen molar-refractivity contribution in [2.45, 2.75) is 70.9 Å². The van der Waals surface area contributed by atoms with E-state index in [-0.39, 0.29) is 28.0 Å². The first kappa shape index (κ1) is 21.6. The smallest absolute Gasteiger partial charge is 0.287 e. The van der Waals surface area contributed by atoms with Crippen LogP contribution in [0.3, 0.4) is 0 Å². The van der Waals surface area contributed by atoms with Gasteiger partial charge in [0.2, 0.25) is 10.0 Å². The third-order valence-corrected chi connectivity index (χ3v) is 7.22. The summed E-state index contributed by atoms with van der Waals surface area (Å²) in [4.78, 5) is 12.8. The summed E-state index contributed by atoms with van der Waals surface area (Å²) in [6, 6.07) is 1.03. The van der Waals surface area contributed by atoms with E-state index < -0.39 is 15.9 Å². The van der Waals surface area contributed by atoms with Gasteiger partial charge in [0.1, 0.15) is 10.7 Å². The number of nitrogens with one attached hydrogen (secondary N) is 1. The standard InChI is InChI=1S/C20H30N4O4S/c1-13(16-12-24(20(4,5)6)22-14(16)2)21-19(25)17-11-18(15(3)28-17)29(26,27)23-9-7-8-10-23/h11-13H,7-10H2,1-6H3,(H,21,25). The molecule has 1 aliphatic heterocycles. The predicted octanol–water partition coefficient (Wildman–Crippen LogP) is 3.12. The Morgan fingerprint density at radius 3 is 2.41 bits per heavy atom. The Kier molecular flexibility index (Phi) is 5.66. The van der Waals surface area contributed by atoms with Gasteiger partial charge in [-0.3, -0.25) is 9.48 Å². The van der Waals surface area contributed by atoms with Crippen LogP contribution in [0.5, 0.6) is 0 Å². The van der Waals surface area contributed by atoms with Crippen LogP contribution >= 0.6 is 0 Å². The minimum Gasteiger partial charge on any atom is -0.455 e. The van der Waals surface area contributed by atoms with E-state index in [1.54, 1.807) is 6.92 Å². The van der Waals surface area contributed by atoms with Crippen molar-refractivity contribution in [1.82, 2.24) is 19.4 Å². The quantitative estimate of drug-likeness (QED) is 0.798. The first-order valence-electron chi connectivity index (χ1n) is 9.89. The third kappa shape index (κ3) is 4.25. The fourth-order valence-electron chi connectivity index (χ4n) is 3.49. The van der Waals surface area contributed by atoms with Crippen LogP contribution in [0.15, 0.2) is 21.6 Å². The van der Waals surface area contributed by atoms with Gasteiger partial charge in [0.25, 0.3) is 5.91 Å². The largest absolute Gasteiger partial charge is 0.455 e. The Morgan fingerprint density at radius 2 is 1.86 bits per heavy atom. The molecule has 1 amide bonds. The fraction of sp³-hybridized carbons (Fsp3) is 0.600. The average Bonchev–Trinajstić information content (AvgIpc) is 3.32. The van der Waals surface area contributed by atoms with Gasteiger partial charge in [0.15, 0.2) is 5.76 Å². The molecular formula is C20H30N4O4S. The van der Waals surface area contributed by atoms with E-state index in [1.165, 1.54) is 10.4 Å². The summed E-state index contributed by atoms with van der Waals surface area (Å²) in [5.41, 5.74) is 1.58. The lowest BCUT2D eigenvalue weighted by atomic mass is 10.1. The highest BCUT2D eigenvalue weighted by Gasteiger charge is 2.32. The Balaban J connectivity index is 1.79. The second-order valence-electron chi connectivity index (χ2n) is 8.62. The highest BCUT2D eigenvalue weighted by molar-refractivity contribution is 7.89. The van der Waals surface area contributed by atoms with Crippen LogP contribution in [-0.2, 0) is 15.6 Å². The second kappa shape index (κ2) is 7.60. The van der Waals surface area contributed by atoms with Crippen molar-refractivity contribution in [1.29, 1.82) is 0 Å². The van der Waals surface area contributed by atoms with Gasteiger partial charge in [-0.25, -0.2) is 8.42 Å². The lowest BCUT2D eigenvalue weighted by Crippen LogP contribution is -2.28. The van der Waals surface area contributed by atoms with Gasteiger partial charge in [-0.05, 0) is 54.4 Å². The topological polar surface area (TPSA) is 97.4 Å². The van der Waals surface area contributed by atoms with Crippen molar-refractivity contribution in [2.24, 2.45) is 0 Å². The first-order valence-corrected chi connectivity index (χ1v) is 11.3. The zero-order valence-corrected chi connectivity index (χ0v) is 18.8. The molecule has 1 fully saturated rings. The van der Waals surface area contributed by atoms with E-state index in [4.69, 9.17) is 4.42 Å². The van der Waals surface area contributed by atoms with Gasteiger partial charge >= 0.3 is 0 Å². The predicted molar refractivity (Wildman–Crippen MR) is 109 cm³/mol. The van der Waals surface area contributed by atoms with Gasteiger partial charge in [0.05, 0.1) is 17.3 Å². The molecule has 0 aromatic carbocycles. The van der Waals surface area contributed by atoms with Crippen LogP contribution in [0.1, 0.15) is 74.2 Å². The van der Waals surface area contributed by atoms with Crippen LogP contribution in [0, 0.1) is 13.8 Å². The molecular weight excluding hydrogens is 392 g/mol. The molecule has 8 nitrogen and oxygen atoms in total. The number of furan rings is 1. The highest BCUT2D eigenvalue weighted by atomic mass is 32.2. The van der Waals surface area contributed by atoms with E-state index in [9.17, 15) is 13.2 Å². The zero-order valence-electron chi connectivity index (χ0n) is 17.9. The Morgan fingerprint density at radius 1 is 1.24 bits per heavy atom. The lowest BCUT2D eigenvalue weighted by Gasteiger charge is -2.19. The molecule has 2 aromatic heterocycles. The van der Waals surface area contributed by atoms with E-state index in [1.807, 2.05) is 24.7 Å². The molecule has 29 heavy (non-hydrogen) atoms. The maximum atomic E-state index is 12.8. The van der Waals surface area contributed by atoms with Gasteiger partial charge in [-0.15, -0.1) is 0 Å². The van der Waals surface area contributed by atoms with Crippen molar-refractivity contribution in [3.05, 3.63) is 35.0 Å². The minimum atomic E-state index is -3.64. The number of hydrogen-bond donors (Lipinski definition) is 1. The van der Waals surface area contributed by atoms with Gasteiger partial charge < -0.3 is 9.73 Å². The number of aryl methyl sites for hydroxylation is 2. The number of amides is 1. The summed E-state index contributed by atoms with van der Waals surface area (Å²) < 4.78 is 34.4. The van der Waals surface area contributed by atoms with Crippen molar-refractivity contribution in [3.8, 4) is 0 Å². The molecule has 1 saturated heterocycles. The molecule has 2 aromatic rings. The summed E-state index contributed by atoms with van der Waals surface area (Å²) >= 11 is 0. The normalized spacial score (nSPS) is 16.9. The molecule has 9 heteroatoms. The highest BCUT2D eigenvalue weighted by Crippen LogP contribution is 2.27. The number of sulfonamides is 1. The summed E-state index contributed by atoms with van der Waals surface area (Å²) in [5.74, 6) is -0.231. The maximum absolute atomic E-state index is 12.8. The van der Waals surface area contributed by atoms with Gasteiger partial charge in [0, 0.05) is 30.9 Å². The Hall–Kier alpha value is -2.13. The van der Waals surface area contributed by atoms with Crippen LogP contribution in [0.2, 0.25) is 0 Å². The summed E-state index contributed by atoms with van der Waals surface area (Å²) in [6.45, 7) is 12.5. The minimum absolute atomic E-state index is 0.00649. The van der Waals surface area contributed by atoms with Crippen LogP contribution in [0.25, 0.3) is 0 Å². The van der Waals surface area contributed by atoms with Crippen molar-refractivity contribution >= 4 is 15.9 Å². The summed E-state index contributed by atoms with van der Waals surface area (Å²) in [5, 5.41) is 7.42. The number of nitrogens with zero attached hydrogens (tertiary/aromatic N) is 3. The van der Waals surface area contributed by atoms with Crippen LogP contribution in [0.4, 0.5) is 0 Å². The maximum Gasteiger partial charge on any atom is 0.287 e. The zero-order chi connectivity index (χ0) is 21.6. The van der Waals surface area contributed by atoms with E-state index in [2.05, 4.69) is 31.2 Å². The van der Waals surface area contributed by atoms with Crippen molar-refractivity contribution in [2.75, 3.05) is 13.1 Å². The molecule has 1 atom stereocenters. The Bertz CT molecular complexity index is 1010. The summed E-state index contributed by atoms with van der Waals surface area (Å²) in [6.07, 6.45) is 3.63. The molecule has 3 heterocycles. The SMILES string of the molecule is Cc1nn(C(C)(C)C)cc1C(C)NC(=O)c1cc(S(=O)(=O)N2CCCC2)c(C)o1.